The normalized spacial score (nSPS) is 16.0. The topological polar surface area (TPSA) is 122 Å². The maximum absolute atomic E-state index is 14.3. The van der Waals surface area contributed by atoms with E-state index >= 15 is 0 Å². The van der Waals surface area contributed by atoms with Gasteiger partial charge in [0.25, 0.3) is 5.91 Å². The molecule has 228 valence electrons. The summed E-state index contributed by atoms with van der Waals surface area (Å²) >= 11 is 6.08. The van der Waals surface area contributed by atoms with Gasteiger partial charge in [-0.3, -0.25) is 9.59 Å². The van der Waals surface area contributed by atoms with Gasteiger partial charge >= 0.3 is 12.3 Å². The molecule has 3 aromatic carbocycles. The van der Waals surface area contributed by atoms with Crippen molar-refractivity contribution in [2.45, 2.75) is 42.0 Å². The third-order valence-corrected chi connectivity index (χ3v) is 9.41. The van der Waals surface area contributed by atoms with Crippen molar-refractivity contribution in [2.75, 3.05) is 29.6 Å². The number of carbonyl (C=O) groups is 2. The summed E-state index contributed by atoms with van der Waals surface area (Å²) in [5.41, 5.74) is 1.31. The molecule has 14 heteroatoms. The predicted octanol–water partition coefficient (Wildman–Crippen LogP) is 5.73. The Balaban J connectivity index is 1.54. The number of ether oxygens (including phenoxy) is 2. The molecule has 43 heavy (non-hydrogen) atoms. The minimum atomic E-state index is -4.92. The van der Waals surface area contributed by atoms with Crippen molar-refractivity contribution in [3.05, 3.63) is 76.8 Å². The second kappa shape index (κ2) is 11.3. The average molecular weight is 639 g/mol. The molecule has 1 aliphatic carbocycles. The van der Waals surface area contributed by atoms with E-state index in [-0.39, 0.29) is 28.3 Å². The number of alkyl halides is 3. The second-order valence-corrected chi connectivity index (χ2v) is 13.0. The number of hydrogen-bond donors (Lipinski definition) is 2. The summed E-state index contributed by atoms with van der Waals surface area (Å²) in [6.07, 6.45) is -4.00. The van der Waals surface area contributed by atoms with Crippen LogP contribution in [-0.4, -0.2) is 51.2 Å². The number of halogens is 4. The minimum Gasteiger partial charge on any atom is -0.497 e. The lowest BCUT2D eigenvalue weighted by Crippen LogP contribution is -2.38. The van der Waals surface area contributed by atoms with Crippen molar-refractivity contribution in [3.8, 4) is 11.5 Å². The zero-order valence-electron chi connectivity index (χ0n) is 22.7. The Morgan fingerprint density at radius 2 is 1.77 bits per heavy atom. The van der Waals surface area contributed by atoms with E-state index in [2.05, 4.69) is 10.1 Å². The fourth-order valence-corrected chi connectivity index (χ4v) is 6.59. The Kier molecular flexibility index (Phi) is 7.99. The number of carbonyl (C=O) groups excluding carboxylic acids is 1. The van der Waals surface area contributed by atoms with Crippen LogP contribution in [0.4, 0.5) is 24.5 Å². The summed E-state index contributed by atoms with van der Waals surface area (Å²) in [5.74, 6) is -2.75. The van der Waals surface area contributed by atoms with Crippen LogP contribution in [0.25, 0.3) is 0 Å². The van der Waals surface area contributed by atoms with Gasteiger partial charge in [0.2, 0.25) is 0 Å². The number of anilines is 2. The molecule has 1 atom stereocenters. The fourth-order valence-electron chi connectivity index (χ4n) is 5.19. The third-order valence-electron chi connectivity index (χ3n) is 7.47. The average Bonchev–Trinajstić information content (AvgIpc) is 3.66. The van der Waals surface area contributed by atoms with Gasteiger partial charge in [0, 0.05) is 34.8 Å². The monoisotopic (exact) mass is 638 g/mol. The number of aliphatic carboxylic acids is 1. The molecular weight excluding hydrogens is 613 g/mol. The van der Waals surface area contributed by atoms with E-state index in [0.717, 1.165) is 18.4 Å². The smallest absolute Gasteiger partial charge is 0.497 e. The molecule has 3 aromatic rings. The van der Waals surface area contributed by atoms with Crippen molar-refractivity contribution in [1.29, 1.82) is 0 Å². The number of rotatable bonds is 10. The van der Waals surface area contributed by atoms with Crippen molar-refractivity contribution < 1.29 is 45.8 Å². The maximum Gasteiger partial charge on any atom is 0.573 e. The van der Waals surface area contributed by atoms with Crippen molar-refractivity contribution in [3.63, 3.8) is 0 Å². The molecule has 2 N–H and O–H groups in total. The van der Waals surface area contributed by atoms with Crippen LogP contribution in [0.15, 0.2) is 65.6 Å². The molecular formula is C29H26ClF3N2O7S. The van der Waals surface area contributed by atoms with Crippen LogP contribution in [0.3, 0.4) is 0 Å². The zero-order valence-corrected chi connectivity index (χ0v) is 24.2. The highest BCUT2D eigenvalue weighted by atomic mass is 35.5. The highest BCUT2D eigenvalue weighted by Crippen LogP contribution is 2.57. The van der Waals surface area contributed by atoms with Gasteiger partial charge in [0.05, 0.1) is 29.9 Å². The lowest BCUT2D eigenvalue weighted by molar-refractivity contribution is -0.274. The largest absolute Gasteiger partial charge is 0.573 e. The Morgan fingerprint density at radius 3 is 2.37 bits per heavy atom. The lowest BCUT2D eigenvalue weighted by Gasteiger charge is -2.27. The number of amides is 1. The number of nitrogens with one attached hydrogen (secondary N) is 1. The Labute approximate surface area is 250 Å². The summed E-state index contributed by atoms with van der Waals surface area (Å²) in [5, 5.41) is 12.4. The maximum atomic E-state index is 14.3. The minimum absolute atomic E-state index is 0.138. The predicted molar refractivity (Wildman–Crippen MR) is 152 cm³/mol. The van der Waals surface area contributed by atoms with Crippen LogP contribution in [0.1, 0.15) is 36.4 Å². The van der Waals surface area contributed by atoms with Gasteiger partial charge < -0.3 is 24.8 Å². The first-order chi connectivity index (χ1) is 20.2. The number of carboxylic acid groups (broad SMARTS) is 1. The van der Waals surface area contributed by atoms with Crippen LogP contribution in [0, 0.1) is 0 Å². The Morgan fingerprint density at radius 1 is 1.07 bits per heavy atom. The summed E-state index contributed by atoms with van der Waals surface area (Å²) in [7, 11) is -2.71. The lowest BCUT2D eigenvalue weighted by atomic mass is 9.99. The highest BCUT2D eigenvalue weighted by Gasteiger charge is 2.54. The summed E-state index contributed by atoms with van der Waals surface area (Å²) in [6, 6.07) is 13.2. The summed E-state index contributed by atoms with van der Waals surface area (Å²) < 4.78 is 74.2. The fraction of sp³-hybridized carbons (Fsp3) is 0.310. The molecule has 0 saturated heterocycles. The van der Waals surface area contributed by atoms with Crippen molar-refractivity contribution in [1.82, 2.24) is 0 Å². The molecule has 0 radical (unpaired) electrons. The Bertz CT molecular complexity index is 1680. The first-order valence-corrected chi connectivity index (χ1v) is 15.1. The molecule has 0 bridgehead atoms. The molecule has 9 nitrogen and oxygen atoms in total. The van der Waals surface area contributed by atoms with Crippen molar-refractivity contribution >= 4 is 44.7 Å². The first kappa shape index (κ1) is 30.5. The zero-order chi connectivity index (χ0) is 31.2. The SMILES string of the molecule is COc1cc(NC(C(=O)N2CC3(CC3)c3ccc(OC(F)(F)F)cc32)c2ccc(Cl)cc2)cc(S(=O)(=O)CCC(=O)O)c1. The molecule has 2 aliphatic rings. The van der Waals surface area contributed by atoms with E-state index in [9.17, 15) is 31.2 Å². The molecule has 5 rings (SSSR count). The van der Waals surface area contributed by atoms with Gasteiger partial charge in [-0.2, -0.15) is 0 Å². The van der Waals surface area contributed by atoms with E-state index in [0.29, 0.717) is 16.3 Å². The van der Waals surface area contributed by atoms with Gasteiger partial charge in [-0.1, -0.05) is 29.8 Å². The standard InChI is InChI=1S/C29H26ClF3N2O7S/c1-41-21-12-19(13-22(14-21)43(39,40)11-8-25(36)37)34-26(17-2-4-18(30)5-3-17)27(38)35-16-28(9-10-28)23-7-6-20(15-24(23)35)42-29(31,32)33/h2-7,12-15,26,34H,8-11,16H2,1H3,(H,36,37). The van der Waals surface area contributed by atoms with E-state index in [1.165, 1.54) is 42.3 Å². The van der Waals surface area contributed by atoms with Gasteiger partial charge in [0.15, 0.2) is 9.84 Å². The number of nitrogens with zero attached hydrogens (tertiary/aromatic N) is 1. The van der Waals surface area contributed by atoms with Crippen LogP contribution < -0.4 is 19.7 Å². The van der Waals surface area contributed by atoms with Crippen LogP contribution in [0.5, 0.6) is 11.5 Å². The molecule has 1 fully saturated rings. The highest BCUT2D eigenvalue weighted by molar-refractivity contribution is 7.91. The molecule has 0 aromatic heterocycles. The second-order valence-electron chi connectivity index (χ2n) is 10.4. The first-order valence-electron chi connectivity index (χ1n) is 13.1. The number of hydrogen-bond acceptors (Lipinski definition) is 7. The molecule has 1 spiro atoms. The van der Waals surface area contributed by atoms with Crippen LogP contribution >= 0.6 is 11.6 Å². The van der Waals surface area contributed by atoms with E-state index in [1.807, 2.05) is 0 Å². The van der Waals surface area contributed by atoms with Gasteiger partial charge in [-0.05, 0) is 54.3 Å². The molecule has 1 unspecified atom stereocenters. The van der Waals surface area contributed by atoms with Crippen molar-refractivity contribution in [2.24, 2.45) is 0 Å². The number of carboxylic acids is 1. The van der Waals surface area contributed by atoms with E-state index in [1.54, 1.807) is 30.3 Å². The van der Waals surface area contributed by atoms with Gasteiger partial charge in [0.1, 0.15) is 17.5 Å². The van der Waals surface area contributed by atoms with Gasteiger partial charge in [-0.15, -0.1) is 13.2 Å². The van der Waals surface area contributed by atoms with Crippen LogP contribution in [0.2, 0.25) is 5.02 Å². The van der Waals surface area contributed by atoms with E-state index in [4.69, 9.17) is 21.4 Å². The number of methoxy groups -OCH3 is 1. The van der Waals surface area contributed by atoms with E-state index < -0.39 is 52.0 Å². The molecule has 1 saturated carbocycles. The molecule has 1 heterocycles. The quantitative estimate of drug-likeness (QED) is 0.289. The number of benzene rings is 3. The van der Waals surface area contributed by atoms with Gasteiger partial charge in [-0.25, -0.2) is 8.42 Å². The van der Waals surface area contributed by atoms with Crippen LogP contribution in [-0.2, 0) is 24.8 Å². The third kappa shape index (κ3) is 6.67. The number of sulfone groups is 1. The Hall–Kier alpha value is -3.97. The molecule has 1 aliphatic heterocycles. The number of fused-ring (bicyclic) bond motifs is 2. The molecule has 1 amide bonds. The summed E-state index contributed by atoms with van der Waals surface area (Å²) in [4.78, 5) is 26.5. The summed E-state index contributed by atoms with van der Waals surface area (Å²) in [6.45, 7) is 0.245.